The van der Waals surface area contributed by atoms with Gasteiger partial charge in [0.25, 0.3) is 0 Å². The minimum atomic E-state index is -0.424. The molecule has 6 heterocycles. The van der Waals surface area contributed by atoms with Crippen molar-refractivity contribution in [1.29, 1.82) is 0 Å². The van der Waals surface area contributed by atoms with Crippen molar-refractivity contribution in [3.63, 3.8) is 0 Å². The number of rotatable bonds is 11. The predicted octanol–water partition coefficient (Wildman–Crippen LogP) is 35.8. The highest BCUT2D eigenvalue weighted by atomic mass is 32.1. The van der Waals surface area contributed by atoms with Crippen LogP contribution in [-0.4, -0.2) is 34.9 Å². The molecule has 7 nitrogen and oxygen atoms in total. The van der Waals surface area contributed by atoms with Crippen LogP contribution in [0.4, 0.5) is 0 Å². The summed E-state index contributed by atoms with van der Waals surface area (Å²) in [6.45, 7) is 0. The van der Waals surface area contributed by atoms with Crippen LogP contribution < -0.4 is 0 Å². The van der Waals surface area contributed by atoms with Gasteiger partial charge >= 0.3 is 0 Å². The zero-order chi connectivity index (χ0) is 98.7. The normalized spacial score (nSPS) is 13.2. The summed E-state index contributed by atoms with van der Waals surface area (Å²) in [5.41, 5.74) is 44.8. The van der Waals surface area contributed by atoms with Gasteiger partial charge in [0.1, 0.15) is 0 Å². The van der Waals surface area contributed by atoms with E-state index in [9.17, 15) is 0 Å². The maximum Gasteiger partial charge on any atom is 0.164 e. The number of hydrogen-bond acceptors (Lipinski definition) is 10. The molecule has 0 bridgehead atoms. The third-order valence-corrected chi connectivity index (χ3v) is 35.0. The molecule has 26 aromatic rings. The number of benzene rings is 20. The van der Waals surface area contributed by atoms with Gasteiger partial charge in [-0.05, 0) is 192 Å². The van der Waals surface area contributed by atoms with Crippen LogP contribution in [-0.2, 0) is 16.2 Å². The van der Waals surface area contributed by atoms with Crippen LogP contribution >= 0.6 is 34.0 Å². The zero-order valence-corrected chi connectivity index (χ0v) is 83.4. The molecule has 6 aliphatic rings. The fourth-order valence-electron chi connectivity index (χ4n) is 25.1. The van der Waals surface area contributed by atoms with Gasteiger partial charge in [0.05, 0.1) is 39.0 Å². The Morgan fingerprint density at radius 2 is 0.400 bits per heavy atom. The van der Waals surface area contributed by atoms with E-state index in [1.807, 2.05) is 119 Å². The second-order valence-electron chi connectivity index (χ2n) is 39.3. The van der Waals surface area contributed by atoms with Gasteiger partial charge < -0.3 is 0 Å². The lowest BCUT2D eigenvalue weighted by molar-refractivity contribution is 0.803. The van der Waals surface area contributed by atoms with Gasteiger partial charge in [-0.25, -0.2) is 34.9 Å². The minimum absolute atomic E-state index is 0.350. The summed E-state index contributed by atoms with van der Waals surface area (Å²) >= 11 is 5.75. The van der Waals surface area contributed by atoms with Crippen molar-refractivity contribution in [3.8, 4) is 189 Å². The summed E-state index contributed by atoms with van der Waals surface area (Å²) in [4.78, 5) is 39.5. The average molecular weight is 1960 g/mol. The van der Waals surface area contributed by atoms with Crippen molar-refractivity contribution in [2.45, 2.75) is 16.2 Å². The summed E-state index contributed by atoms with van der Waals surface area (Å²) in [7, 11) is 0. The molecule has 0 atom stereocenters. The van der Waals surface area contributed by atoms with Gasteiger partial charge in [0, 0.05) is 84.4 Å². The Hall–Kier alpha value is -18.6. The van der Waals surface area contributed by atoms with Crippen LogP contribution in [0.1, 0.15) is 66.8 Å². The standard InChI is InChI=1S/C49H30N2S.C48H29N3S.C43H26N2S/c1-3-13-32(14-4-1)43-30-44(33-15-5-2-6-16-33)51-48(50-43)34-25-23-31(24-26-34)35-27-28-42-39(29-35)47-46(38-19-9-12-22-45(38)52-47)49(42)40-20-10-7-17-36(40)37-18-8-11-21-41(37)49;1-3-14-31(15-4-1)45-49-46(32-16-5-2-6-17-32)51-47(50-45)33-28-26-30(27-29-33)34-21-13-24-40-42(34)44-43(37-20-9-12-25-41(37)52-44)48(40)38-22-10-7-18-35(38)36-19-8-11-23-39(36)48;1-3-13-27(14-4-1)37-26-38(28-15-5-2-6-16-28)45-42(44-37)29-23-24-32-36(25-29)43(40-33-19-9-12-22-39(33)46-41(32)40)34-20-10-7-17-30(34)31-18-8-11-21-35(31)43/h1-30H;1-29H;1-26H. The zero-order valence-electron chi connectivity index (χ0n) is 80.9. The van der Waals surface area contributed by atoms with E-state index in [4.69, 9.17) is 34.9 Å². The van der Waals surface area contributed by atoms with E-state index in [-0.39, 0.29) is 10.8 Å². The summed E-state index contributed by atoms with van der Waals surface area (Å²) < 4.78 is 3.99. The predicted molar refractivity (Wildman–Crippen MR) is 619 cm³/mol. The van der Waals surface area contributed by atoms with Gasteiger partial charge in [0.15, 0.2) is 29.1 Å². The number of thiophene rings is 3. The highest BCUT2D eigenvalue weighted by molar-refractivity contribution is 7.23. The fourth-order valence-corrected chi connectivity index (χ4v) is 29.0. The van der Waals surface area contributed by atoms with Crippen LogP contribution in [0.2, 0.25) is 0 Å². The molecule has 20 aromatic carbocycles. The van der Waals surface area contributed by atoms with E-state index in [2.05, 4.69) is 431 Å². The van der Waals surface area contributed by atoms with E-state index < -0.39 is 5.41 Å². The Kier molecular flexibility index (Phi) is 20.2. The highest BCUT2D eigenvalue weighted by Crippen LogP contribution is 2.71. The Bertz CT molecular complexity index is 9640. The van der Waals surface area contributed by atoms with Crippen LogP contribution in [0.3, 0.4) is 0 Å². The van der Waals surface area contributed by atoms with Crippen molar-refractivity contribution in [3.05, 3.63) is 582 Å². The van der Waals surface area contributed by atoms with Gasteiger partial charge in [-0.2, -0.15) is 0 Å². The number of fused-ring (bicyclic) bond motifs is 36. The highest BCUT2D eigenvalue weighted by Gasteiger charge is 2.57. The summed E-state index contributed by atoms with van der Waals surface area (Å²) in [5.74, 6) is 3.43. The van der Waals surface area contributed by atoms with E-state index in [1.165, 1.54) is 184 Å². The fraction of sp³-hybridized carbons (Fsp3) is 0.0214. The molecule has 3 spiro atoms. The topological polar surface area (TPSA) is 90.2 Å². The molecule has 0 saturated carbocycles. The molecule has 6 aromatic heterocycles. The average Bonchev–Trinajstić information content (AvgIpc) is 1.50. The van der Waals surface area contributed by atoms with Gasteiger partial charge in [-0.3, -0.25) is 0 Å². The Labute approximate surface area is 879 Å². The van der Waals surface area contributed by atoms with Crippen molar-refractivity contribution >= 4 is 64.3 Å². The van der Waals surface area contributed by atoms with Crippen LogP contribution in [0.5, 0.6) is 0 Å². The third-order valence-electron chi connectivity index (χ3n) is 31.4. The molecule has 0 amide bonds. The molecule has 0 fully saturated rings. The molecule has 0 unspecified atom stereocenters. The van der Waals surface area contributed by atoms with E-state index in [0.29, 0.717) is 17.5 Å². The van der Waals surface area contributed by atoms with Crippen molar-refractivity contribution in [1.82, 2.24) is 34.9 Å². The molecular formula is C140H85N7S3. The first-order chi connectivity index (χ1) is 74.4. The summed E-state index contributed by atoms with van der Waals surface area (Å²) in [6, 6.07) is 185. The molecule has 10 heteroatoms. The minimum Gasteiger partial charge on any atom is -0.228 e. The Balaban J connectivity index is 0.000000104. The van der Waals surface area contributed by atoms with Crippen LogP contribution in [0, 0.1) is 0 Å². The molecule has 150 heavy (non-hydrogen) atoms. The lowest BCUT2D eigenvalue weighted by atomic mass is 9.70. The molecular weight excluding hydrogens is 1880 g/mol. The number of nitrogens with zero attached hydrogens (tertiary/aromatic N) is 7. The molecule has 0 saturated heterocycles. The first-order valence-electron chi connectivity index (χ1n) is 51.0. The van der Waals surface area contributed by atoms with Crippen molar-refractivity contribution in [2.24, 2.45) is 0 Å². The molecule has 698 valence electrons. The third kappa shape index (κ3) is 13.3. The molecule has 6 aliphatic carbocycles. The summed E-state index contributed by atoms with van der Waals surface area (Å²) in [5, 5.41) is 4.02. The van der Waals surface area contributed by atoms with Crippen LogP contribution in [0.15, 0.2) is 516 Å². The molecule has 32 rings (SSSR count). The van der Waals surface area contributed by atoms with E-state index in [0.717, 1.165) is 84.5 Å². The van der Waals surface area contributed by atoms with Gasteiger partial charge in [-0.1, -0.05) is 473 Å². The first-order valence-corrected chi connectivity index (χ1v) is 53.5. The largest absolute Gasteiger partial charge is 0.228 e. The molecule has 0 N–H and O–H groups in total. The van der Waals surface area contributed by atoms with E-state index >= 15 is 0 Å². The van der Waals surface area contributed by atoms with E-state index in [1.54, 1.807) is 0 Å². The Morgan fingerprint density at radius 3 is 0.793 bits per heavy atom. The first kappa shape index (κ1) is 86.9. The maximum absolute atomic E-state index is 5.21. The number of aromatic nitrogens is 7. The van der Waals surface area contributed by atoms with Gasteiger partial charge in [-0.15, -0.1) is 34.0 Å². The smallest absolute Gasteiger partial charge is 0.164 e. The molecule has 0 radical (unpaired) electrons. The van der Waals surface area contributed by atoms with Crippen LogP contribution in [0.25, 0.3) is 219 Å². The second kappa shape index (κ2) is 34.9. The van der Waals surface area contributed by atoms with Crippen molar-refractivity contribution < 1.29 is 0 Å². The lowest BCUT2D eigenvalue weighted by Gasteiger charge is -2.30. The molecule has 0 aliphatic heterocycles. The Morgan fingerprint density at radius 1 is 0.140 bits per heavy atom. The SMILES string of the molecule is c1ccc(-c2cc(-c3ccccc3)nc(-c3ccc(-c4ccc5c(c4)-c4sc6ccccc6c4C54c5ccccc5-c5ccccc54)cc3)n2)cc1.c1ccc(-c2cc(-c3ccccc3)nc(-c3ccc4c(c3)C3(c5ccccc5-c5ccccc53)c3c-4sc4ccccc34)n2)cc1.c1ccc(-c2nc(-c3ccccc3)nc(-c3ccc(-c4cccc5c4-c4sc6ccccc6c4C54c5ccccc5-c5ccccc54)cc3)n2)cc1. The maximum atomic E-state index is 5.21. The lowest BCUT2D eigenvalue weighted by Crippen LogP contribution is -2.25. The second-order valence-corrected chi connectivity index (χ2v) is 42.4. The van der Waals surface area contributed by atoms with Crippen molar-refractivity contribution in [2.75, 3.05) is 0 Å². The summed E-state index contributed by atoms with van der Waals surface area (Å²) in [6.07, 6.45) is 0. The van der Waals surface area contributed by atoms with Gasteiger partial charge in [0.2, 0.25) is 0 Å². The number of hydrogen-bond donors (Lipinski definition) is 0. The quantitative estimate of drug-likeness (QED) is 0.127. The monoisotopic (exact) mass is 1960 g/mol.